The number of carbonyl (C=O) groups excluding carboxylic acids is 1. The molecular formula is C17H20N2O3. The van der Waals surface area contributed by atoms with Crippen LogP contribution in [0.25, 0.3) is 10.9 Å². The van der Waals surface area contributed by atoms with Crippen LogP contribution in [-0.4, -0.2) is 39.5 Å². The Hall–Kier alpha value is -2.30. The third kappa shape index (κ3) is 2.36. The van der Waals surface area contributed by atoms with Gasteiger partial charge in [0.1, 0.15) is 6.54 Å². The Morgan fingerprint density at radius 3 is 2.73 bits per heavy atom. The van der Waals surface area contributed by atoms with E-state index in [1.54, 1.807) is 11.8 Å². The fourth-order valence-corrected chi connectivity index (χ4v) is 3.14. The van der Waals surface area contributed by atoms with Crippen molar-refractivity contribution in [3.63, 3.8) is 0 Å². The van der Waals surface area contributed by atoms with Gasteiger partial charge in [-0.25, -0.2) is 0 Å². The molecule has 22 heavy (non-hydrogen) atoms. The molecule has 2 aromatic rings. The molecule has 1 aliphatic rings. The molecule has 5 nitrogen and oxygen atoms in total. The second-order valence-electron chi connectivity index (χ2n) is 6.36. The van der Waals surface area contributed by atoms with E-state index in [9.17, 15) is 14.7 Å². The number of rotatable bonds is 3. The average Bonchev–Trinajstić information content (AvgIpc) is 3.02. The van der Waals surface area contributed by atoms with Gasteiger partial charge in [0.25, 0.3) is 0 Å². The third-order valence-corrected chi connectivity index (χ3v) is 4.65. The highest BCUT2D eigenvalue weighted by Crippen LogP contribution is 2.30. The monoisotopic (exact) mass is 300 g/mol. The van der Waals surface area contributed by atoms with Crippen LogP contribution < -0.4 is 0 Å². The van der Waals surface area contributed by atoms with Crippen molar-refractivity contribution in [2.75, 3.05) is 13.1 Å². The van der Waals surface area contributed by atoms with Crippen LogP contribution in [0.3, 0.4) is 0 Å². The van der Waals surface area contributed by atoms with Crippen molar-refractivity contribution in [3.05, 3.63) is 36.0 Å². The second kappa shape index (κ2) is 5.16. The summed E-state index contributed by atoms with van der Waals surface area (Å²) in [5.41, 5.74) is 1.26. The standard InChI is InChI=1S/C17H20N2O3/c1-12-9-13-5-3-4-6-14(13)19(12)10-15(20)18-8-7-17(2,11-18)16(21)22/h3-6,9H,7-8,10-11H2,1-2H3,(H,21,22). The highest BCUT2D eigenvalue weighted by molar-refractivity contribution is 5.85. The van der Waals surface area contributed by atoms with E-state index in [0.717, 1.165) is 16.6 Å². The quantitative estimate of drug-likeness (QED) is 0.946. The zero-order valence-electron chi connectivity index (χ0n) is 12.9. The molecule has 1 N–H and O–H groups in total. The first kappa shape index (κ1) is 14.6. The largest absolute Gasteiger partial charge is 0.481 e. The maximum atomic E-state index is 12.5. The summed E-state index contributed by atoms with van der Waals surface area (Å²) in [4.78, 5) is 25.5. The summed E-state index contributed by atoms with van der Waals surface area (Å²) in [6.45, 7) is 4.76. The molecule has 0 saturated carbocycles. The number of carboxylic acids is 1. The molecule has 5 heteroatoms. The molecule has 1 aromatic carbocycles. The summed E-state index contributed by atoms with van der Waals surface area (Å²) in [5.74, 6) is -0.847. The van der Waals surface area contributed by atoms with Gasteiger partial charge < -0.3 is 14.6 Å². The van der Waals surface area contributed by atoms with Crippen LogP contribution in [0.5, 0.6) is 0 Å². The summed E-state index contributed by atoms with van der Waals surface area (Å²) in [6.07, 6.45) is 0.513. The molecule has 1 amide bonds. The molecular weight excluding hydrogens is 280 g/mol. The number of hydrogen-bond donors (Lipinski definition) is 1. The van der Waals surface area contributed by atoms with Gasteiger partial charge in [0.15, 0.2) is 0 Å². The minimum absolute atomic E-state index is 0.0190. The minimum atomic E-state index is -0.828. The topological polar surface area (TPSA) is 62.5 Å². The zero-order chi connectivity index (χ0) is 15.9. The maximum Gasteiger partial charge on any atom is 0.311 e. The number of nitrogens with zero attached hydrogens (tertiary/aromatic N) is 2. The first-order valence-electron chi connectivity index (χ1n) is 7.47. The van der Waals surface area contributed by atoms with E-state index in [4.69, 9.17) is 0 Å². The smallest absolute Gasteiger partial charge is 0.311 e. The maximum absolute atomic E-state index is 12.5. The van der Waals surface area contributed by atoms with Crippen molar-refractivity contribution in [2.45, 2.75) is 26.8 Å². The van der Waals surface area contributed by atoms with Crippen LogP contribution in [0.1, 0.15) is 19.0 Å². The van der Waals surface area contributed by atoms with E-state index in [2.05, 4.69) is 6.07 Å². The zero-order valence-corrected chi connectivity index (χ0v) is 12.9. The fraction of sp³-hybridized carbons (Fsp3) is 0.412. The Labute approximate surface area is 129 Å². The lowest BCUT2D eigenvalue weighted by atomic mass is 9.90. The van der Waals surface area contributed by atoms with Gasteiger partial charge in [-0.15, -0.1) is 0 Å². The number of benzene rings is 1. The van der Waals surface area contributed by atoms with Crippen molar-refractivity contribution in [1.82, 2.24) is 9.47 Å². The van der Waals surface area contributed by atoms with Gasteiger partial charge in [-0.2, -0.15) is 0 Å². The van der Waals surface area contributed by atoms with Crippen LogP contribution in [-0.2, 0) is 16.1 Å². The lowest BCUT2D eigenvalue weighted by Crippen LogP contribution is -2.36. The predicted octanol–water partition coefficient (Wildman–Crippen LogP) is 2.27. The van der Waals surface area contributed by atoms with E-state index in [0.29, 0.717) is 19.5 Å². The van der Waals surface area contributed by atoms with Gasteiger partial charge in [0.05, 0.1) is 5.41 Å². The number of amides is 1. The third-order valence-electron chi connectivity index (χ3n) is 4.65. The number of hydrogen-bond acceptors (Lipinski definition) is 2. The number of carboxylic acid groups (broad SMARTS) is 1. The second-order valence-corrected chi connectivity index (χ2v) is 6.36. The number of aromatic nitrogens is 1. The predicted molar refractivity (Wildman–Crippen MR) is 83.6 cm³/mol. The van der Waals surface area contributed by atoms with E-state index >= 15 is 0 Å². The van der Waals surface area contributed by atoms with E-state index in [-0.39, 0.29) is 12.5 Å². The number of para-hydroxylation sites is 1. The fourth-order valence-electron chi connectivity index (χ4n) is 3.14. The lowest BCUT2D eigenvalue weighted by molar-refractivity contribution is -0.147. The molecule has 2 heterocycles. The number of fused-ring (bicyclic) bond motifs is 1. The molecule has 1 aromatic heterocycles. The summed E-state index contributed by atoms with van der Waals surface area (Å²) < 4.78 is 1.99. The van der Waals surface area contributed by atoms with Crippen molar-refractivity contribution >= 4 is 22.8 Å². The van der Waals surface area contributed by atoms with E-state index in [1.165, 1.54) is 0 Å². The van der Waals surface area contributed by atoms with Crippen LogP contribution in [0, 0.1) is 12.3 Å². The van der Waals surface area contributed by atoms with Crippen molar-refractivity contribution in [3.8, 4) is 0 Å². The number of aliphatic carboxylic acids is 1. The number of aryl methyl sites for hydroxylation is 1. The molecule has 1 atom stereocenters. The highest BCUT2D eigenvalue weighted by atomic mass is 16.4. The van der Waals surface area contributed by atoms with E-state index in [1.807, 2.05) is 35.8 Å². The number of carbonyl (C=O) groups is 2. The van der Waals surface area contributed by atoms with Crippen LogP contribution in [0.15, 0.2) is 30.3 Å². The highest BCUT2D eigenvalue weighted by Gasteiger charge is 2.42. The van der Waals surface area contributed by atoms with Crippen molar-refractivity contribution in [2.24, 2.45) is 5.41 Å². The van der Waals surface area contributed by atoms with Crippen molar-refractivity contribution in [1.29, 1.82) is 0 Å². The lowest BCUT2D eigenvalue weighted by Gasteiger charge is -2.21. The van der Waals surface area contributed by atoms with Crippen LogP contribution >= 0.6 is 0 Å². The van der Waals surface area contributed by atoms with Gasteiger partial charge in [-0.05, 0) is 37.8 Å². The normalized spacial score (nSPS) is 21.5. The van der Waals surface area contributed by atoms with Gasteiger partial charge in [0.2, 0.25) is 5.91 Å². The molecule has 0 bridgehead atoms. The first-order chi connectivity index (χ1) is 10.4. The SMILES string of the molecule is Cc1cc2ccccc2n1CC(=O)N1CCC(C)(C(=O)O)C1. The Balaban J connectivity index is 1.80. The van der Waals surface area contributed by atoms with Gasteiger partial charge in [-0.1, -0.05) is 18.2 Å². The van der Waals surface area contributed by atoms with Crippen molar-refractivity contribution < 1.29 is 14.7 Å². The molecule has 1 fully saturated rings. The van der Waals surface area contributed by atoms with E-state index < -0.39 is 11.4 Å². The Morgan fingerprint density at radius 1 is 1.32 bits per heavy atom. The molecule has 0 spiro atoms. The Morgan fingerprint density at radius 2 is 2.05 bits per heavy atom. The number of likely N-dealkylation sites (tertiary alicyclic amines) is 1. The average molecular weight is 300 g/mol. The van der Waals surface area contributed by atoms with Crippen LogP contribution in [0.4, 0.5) is 0 Å². The summed E-state index contributed by atoms with van der Waals surface area (Å²) in [7, 11) is 0. The molecule has 0 aliphatic carbocycles. The molecule has 3 rings (SSSR count). The molecule has 0 radical (unpaired) electrons. The molecule has 1 saturated heterocycles. The van der Waals surface area contributed by atoms with Gasteiger partial charge in [0, 0.05) is 24.3 Å². The summed E-state index contributed by atoms with van der Waals surface area (Å²) >= 11 is 0. The summed E-state index contributed by atoms with van der Waals surface area (Å²) in [5, 5.41) is 10.4. The first-order valence-corrected chi connectivity index (χ1v) is 7.47. The van der Waals surface area contributed by atoms with Crippen LogP contribution in [0.2, 0.25) is 0 Å². The Bertz CT molecular complexity index is 749. The van der Waals surface area contributed by atoms with Gasteiger partial charge in [-0.3, -0.25) is 9.59 Å². The summed E-state index contributed by atoms with van der Waals surface area (Å²) in [6, 6.07) is 10.0. The minimum Gasteiger partial charge on any atom is -0.481 e. The Kier molecular flexibility index (Phi) is 3.43. The molecule has 1 aliphatic heterocycles. The molecule has 116 valence electrons. The molecule has 1 unspecified atom stereocenters. The van der Waals surface area contributed by atoms with Gasteiger partial charge >= 0.3 is 5.97 Å².